The van der Waals surface area contributed by atoms with Crippen molar-refractivity contribution in [2.45, 2.75) is 13.6 Å². The number of alkyl halides is 1. The molecule has 1 atom stereocenters. The summed E-state index contributed by atoms with van der Waals surface area (Å²) in [5, 5.41) is 0. The summed E-state index contributed by atoms with van der Waals surface area (Å²) in [7, 11) is 0. The van der Waals surface area contributed by atoms with E-state index in [1.165, 1.54) is 0 Å². The van der Waals surface area contributed by atoms with Crippen LogP contribution in [0, 0.1) is 6.92 Å². The van der Waals surface area contributed by atoms with Crippen LogP contribution in [0.25, 0.3) is 0 Å². The van der Waals surface area contributed by atoms with E-state index in [-0.39, 0.29) is 0 Å². The van der Waals surface area contributed by atoms with Gasteiger partial charge in [-0.1, -0.05) is 29.8 Å². The van der Waals surface area contributed by atoms with Crippen LogP contribution in [0.4, 0.5) is 4.39 Å². The molecule has 0 aliphatic heterocycles. The van der Waals surface area contributed by atoms with Crippen LogP contribution in [0.15, 0.2) is 24.3 Å². The molecule has 1 heteroatoms. The summed E-state index contributed by atoms with van der Waals surface area (Å²) < 4.78 is 19.0. The summed E-state index contributed by atoms with van der Waals surface area (Å²) >= 11 is 0. The number of rotatable bonds is 1. The van der Waals surface area contributed by atoms with E-state index in [0.29, 0.717) is 5.56 Å². The SMILES string of the molecule is [2H]C(F)c1ccc(C)cc1. The van der Waals surface area contributed by atoms with Gasteiger partial charge in [0.2, 0.25) is 0 Å². The summed E-state index contributed by atoms with van der Waals surface area (Å²) in [5.41, 5.74) is 1.51. The molecule has 48 valence electrons. The van der Waals surface area contributed by atoms with Crippen LogP contribution in [-0.4, -0.2) is 0 Å². The van der Waals surface area contributed by atoms with Crippen molar-refractivity contribution in [3.05, 3.63) is 35.4 Å². The molecule has 0 aliphatic carbocycles. The minimum absolute atomic E-state index is 0.422. The number of aryl methyl sites for hydroxylation is 1. The Morgan fingerprint density at radius 1 is 1.44 bits per heavy atom. The fraction of sp³-hybridized carbons (Fsp3) is 0.250. The highest BCUT2D eigenvalue weighted by Gasteiger charge is 1.87. The van der Waals surface area contributed by atoms with E-state index in [1.54, 1.807) is 24.3 Å². The first kappa shape index (κ1) is 4.98. The van der Waals surface area contributed by atoms with Gasteiger partial charge in [0.25, 0.3) is 0 Å². The monoisotopic (exact) mass is 125 g/mol. The van der Waals surface area contributed by atoms with Crippen LogP contribution < -0.4 is 0 Å². The molecule has 0 aliphatic rings. The van der Waals surface area contributed by atoms with Crippen LogP contribution in [-0.2, 0) is 6.65 Å². The zero-order chi connectivity index (χ0) is 7.56. The van der Waals surface area contributed by atoms with Crippen molar-refractivity contribution in [3.63, 3.8) is 0 Å². The summed E-state index contributed by atoms with van der Waals surface area (Å²) in [5.74, 6) is 0. The first-order chi connectivity index (χ1) is 4.70. The molecule has 0 heterocycles. The third-order valence-electron chi connectivity index (χ3n) is 1.20. The summed E-state index contributed by atoms with van der Waals surface area (Å²) in [6.45, 7) is 0.335. The predicted molar refractivity (Wildman–Crippen MR) is 36.0 cm³/mol. The van der Waals surface area contributed by atoms with Crippen LogP contribution >= 0.6 is 0 Å². The number of benzene rings is 1. The molecule has 1 aromatic carbocycles. The predicted octanol–water partition coefficient (Wildman–Crippen LogP) is 2.46. The molecule has 0 N–H and O–H groups in total. The van der Waals surface area contributed by atoms with Gasteiger partial charge in [-0.05, 0) is 12.5 Å². The van der Waals surface area contributed by atoms with Gasteiger partial charge < -0.3 is 0 Å². The maximum absolute atomic E-state index is 12.2. The minimum atomic E-state index is -1.60. The van der Waals surface area contributed by atoms with E-state index < -0.39 is 6.65 Å². The molecule has 1 rings (SSSR count). The molecule has 0 fully saturated rings. The molecule has 0 spiro atoms. The minimum Gasteiger partial charge on any atom is -0.246 e. The topological polar surface area (TPSA) is 0 Å². The number of hydrogen-bond donors (Lipinski definition) is 0. The molecule has 0 saturated heterocycles. The Kier molecular flexibility index (Phi) is 1.45. The largest absolute Gasteiger partial charge is 0.246 e. The van der Waals surface area contributed by atoms with Gasteiger partial charge in [0.05, 0.1) is 1.37 Å². The van der Waals surface area contributed by atoms with Gasteiger partial charge in [-0.15, -0.1) is 0 Å². The Balaban J connectivity index is 2.89. The molecular weight excluding hydrogens is 115 g/mol. The Morgan fingerprint density at radius 3 is 2.44 bits per heavy atom. The maximum Gasteiger partial charge on any atom is 0.115 e. The lowest BCUT2D eigenvalue weighted by Crippen LogP contribution is -1.76. The molecule has 0 radical (unpaired) electrons. The zero-order valence-corrected chi connectivity index (χ0v) is 5.26. The third kappa shape index (κ3) is 1.53. The third-order valence-corrected chi connectivity index (χ3v) is 1.20. The quantitative estimate of drug-likeness (QED) is 0.540. The second-order valence-electron chi connectivity index (χ2n) is 2.02. The maximum atomic E-state index is 12.2. The van der Waals surface area contributed by atoms with Gasteiger partial charge in [-0.25, -0.2) is 4.39 Å². The van der Waals surface area contributed by atoms with Gasteiger partial charge in [-0.2, -0.15) is 0 Å². The van der Waals surface area contributed by atoms with Crippen LogP contribution in [0.1, 0.15) is 12.5 Å². The number of hydrogen-bond acceptors (Lipinski definition) is 0. The van der Waals surface area contributed by atoms with E-state index >= 15 is 0 Å². The molecule has 0 bridgehead atoms. The van der Waals surface area contributed by atoms with Crippen molar-refractivity contribution >= 4 is 0 Å². The van der Waals surface area contributed by atoms with Crippen molar-refractivity contribution in [1.82, 2.24) is 0 Å². The standard InChI is InChI=1S/C8H9F/c1-7-2-4-8(6-9)5-3-7/h2-5H,6H2,1H3/i6D. The second kappa shape index (κ2) is 2.62. The first-order valence-corrected chi connectivity index (χ1v) is 2.83. The molecule has 0 nitrogen and oxygen atoms in total. The van der Waals surface area contributed by atoms with E-state index in [2.05, 4.69) is 0 Å². The first-order valence-electron chi connectivity index (χ1n) is 3.41. The summed E-state index contributed by atoms with van der Waals surface area (Å²) in [6, 6.07) is 6.87. The molecule has 0 aromatic heterocycles. The van der Waals surface area contributed by atoms with Gasteiger partial charge in [-0.3, -0.25) is 0 Å². The fourth-order valence-electron chi connectivity index (χ4n) is 0.639. The average molecular weight is 125 g/mol. The van der Waals surface area contributed by atoms with E-state index in [0.717, 1.165) is 5.56 Å². The second-order valence-corrected chi connectivity index (χ2v) is 2.02. The van der Waals surface area contributed by atoms with Crippen molar-refractivity contribution in [2.75, 3.05) is 0 Å². The van der Waals surface area contributed by atoms with Gasteiger partial charge in [0, 0.05) is 0 Å². The lowest BCUT2D eigenvalue weighted by Gasteiger charge is -1.92. The van der Waals surface area contributed by atoms with Crippen LogP contribution in [0.5, 0.6) is 0 Å². The van der Waals surface area contributed by atoms with Crippen molar-refractivity contribution in [3.8, 4) is 0 Å². The van der Waals surface area contributed by atoms with E-state index in [1.807, 2.05) is 6.92 Å². The highest BCUT2D eigenvalue weighted by molar-refractivity contribution is 5.20. The zero-order valence-electron chi connectivity index (χ0n) is 6.26. The van der Waals surface area contributed by atoms with Crippen molar-refractivity contribution in [2.24, 2.45) is 0 Å². The Morgan fingerprint density at radius 2 is 2.00 bits per heavy atom. The molecular formula is C8H9F. The highest BCUT2D eigenvalue weighted by atomic mass is 19.1. The van der Waals surface area contributed by atoms with Crippen molar-refractivity contribution in [1.29, 1.82) is 0 Å². The van der Waals surface area contributed by atoms with Crippen LogP contribution in [0.3, 0.4) is 0 Å². The average Bonchev–Trinajstić information content (AvgIpc) is 1.88. The van der Waals surface area contributed by atoms with Gasteiger partial charge in [0.1, 0.15) is 6.65 Å². The smallest absolute Gasteiger partial charge is 0.115 e. The summed E-state index contributed by atoms with van der Waals surface area (Å²) in [4.78, 5) is 0. The fourth-order valence-corrected chi connectivity index (χ4v) is 0.639. The number of halogens is 1. The highest BCUT2D eigenvalue weighted by Crippen LogP contribution is 2.03. The molecule has 9 heavy (non-hydrogen) atoms. The van der Waals surface area contributed by atoms with Crippen molar-refractivity contribution < 1.29 is 5.76 Å². The lowest BCUT2D eigenvalue weighted by atomic mass is 10.2. The molecule has 1 unspecified atom stereocenters. The Labute approximate surface area is 55.7 Å². The Hall–Kier alpha value is -0.850. The molecule has 1 aromatic rings. The van der Waals surface area contributed by atoms with Crippen LogP contribution in [0.2, 0.25) is 0 Å². The van der Waals surface area contributed by atoms with Gasteiger partial charge >= 0.3 is 0 Å². The van der Waals surface area contributed by atoms with E-state index in [9.17, 15) is 4.39 Å². The summed E-state index contributed by atoms with van der Waals surface area (Å²) in [6.07, 6.45) is 0. The lowest BCUT2D eigenvalue weighted by molar-refractivity contribution is 0.485. The molecule has 0 saturated carbocycles. The molecule has 0 amide bonds. The Bertz CT molecular complexity index is 203. The van der Waals surface area contributed by atoms with E-state index in [4.69, 9.17) is 1.37 Å². The van der Waals surface area contributed by atoms with Gasteiger partial charge in [0.15, 0.2) is 0 Å². The normalized spacial score (nSPS) is 14.7.